The average molecular weight is 212 g/mol. The Labute approximate surface area is 93.0 Å². The van der Waals surface area contributed by atoms with E-state index in [1.165, 1.54) is 32.1 Å². The van der Waals surface area contributed by atoms with Crippen molar-refractivity contribution in [3.8, 4) is 0 Å². The molecule has 0 bridgehead atoms. The Kier molecular flexibility index (Phi) is 5.09. The lowest BCUT2D eigenvalue weighted by molar-refractivity contribution is -0.122. The van der Waals surface area contributed by atoms with Crippen LogP contribution in [0.5, 0.6) is 0 Å². The predicted molar refractivity (Wildman–Crippen MR) is 62.5 cm³/mol. The van der Waals surface area contributed by atoms with E-state index >= 15 is 0 Å². The van der Waals surface area contributed by atoms with Crippen LogP contribution < -0.4 is 5.73 Å². The van der Waals surface area contributed by atoms with E-state index in [0.717, 1.165) is 19.0 Å². The molecule has 0 spiro atoms. The van der Waals surface area contributed by atoms with Gasteiger partial charge in [-0.15, -0.1) is 0 Å². The van der Waals surface area contributed by atoms with Crippen LogP contribution in [0, 0.1) is 5.92 Å². The van der Waals surface area contributed by atoms with E-state index in [0.29, 0.717) is 0 Å². The van der Waals surface area contributed by atoms with E-state index in [2.05, 4.69) is 11.8 Å². The zero-order chi connectivity index (χ0) is 11.3. The lowest BCUT2D eigenvalue weighted by atomic mass is 9.96. The number of amides is 1. The van der Waals surface area contributed by atoms with Crippen molar-refractivity contribution in [1.82, 2.24) is 4.90 Å². The zero-order valence-corrected chi connectivity index (χ0v) is 10.0. The van der Waals surface area contributed by atoms with Gasteiger partial charge in [-0.25, -0.2) is 0 Å². The first-order valence-electron chi connectivity index (χ1n) is 6.18. The maximum absolute atomic E-state index is 11.1. The van der Waals surface area contributed by atoms with E-state index in [4.69, 9.17) is 5.73 Å². The standard InChI is InChI=1S/C12H24N2O/c1-3-5-11-6-4-8-14(9-7-11)10(2)12(13)15/h10-11H,3-9H2,1-2H3,(H2,13,15). The van der Waals surface area contributed by atoms with Crippen molar-refractivity contribution < 1.29 is 4.79 Å². The van der Waals surface area contributed by atoms with Gasteiger partial charge in [0.15, 0.2) is 0 Å². The number of hydrogen-bond acceptors (Lipinski definition) is 2. The fourth-order valence-corrected chi connectivity index (χ4v) is 2.45. The van der Waals surface area contributed by atoms with Gasteiger partial charge in [0.25, 0.3) is 0 Å². The quantitative estimate of drug-likeness (QED) is 0.772. The third kappa shape index (κ3) is 3.82. The summed E-state index contributed by atoms with van der Waals surface area (Å²) in [5.41, 5.74) is 5.33. The molecule has 1 amide bonds. The molecule has 2 atom stereocenters. The Bertz CT molecular complexity index is 206. The second-order valence-electron chi connectivity index (χ2n) is 4.70. The molecule has 0 aromatic heterocycles. The van der Waals surface area contributed by atoms with Crippen molar-refractivity contribution >= 4 is 5.91 Å². The number of nitrogens with zero attached hydrogens (tertiary/aromatic N) is 1. The third-order valence-corrected chi connectivity index (χ3v) is 3.54. The van der Waals surface area contributed by atoms with Crippen LogP contribution in [0.4, 0.5) is 0 Å². The van der Waals surface area contributed by atoms with Crippen molar-refractivity contribution in [1.29, 1.82) is 0 Å². The van der Waals surface area contributed by atoms with Gasteiger partial charge < -0.3 is 5.73 Å². The number of rotatable bonds is 4. The van der Waals surface area contributed by atoms with Crippen molar-refractivity contribution in [3.05, 3.63) is 0 Å². The second-order valence-corrected chi connectivity index (χ2v) is 4.70. The highest BCUT2D eigenvalue weighted by atomic mass is 16.1. The highest BCUT2D eigenvalue weighted by Crippen LogP contribution is 2.22. The SMILES string of the molecule is CCCC1CCCN(C(C)C(N)=O)CC1. The van der Waals surface area contributed by atoms with Crippen LogP contribution >= 0.6 is 0 Å². The normalized spacial score (nSPS) is 25.9. The maximum Gasteiger partial charge on any atom is 0.234 e. The van der Waals surface area contributed by atoms with Gasteiger partial charge >= 0.3 is 0 Å². The number of nitrogens with two attached hydrogens (primary N) is 1. The summed E-state index contributed by atoms with van der Waals surface area (Å²) in [6, 6.07) is -0.0922. The average Bonchev–Trinajstić information content (AvgIpc) is 2.43. The highest BCUT2D eigenvalue weighted by Gasteiger charge is 2.22. The molecular formula is C12H24N2O. The van der Waals surface area contributed by atoms with E-state index in [-0.39, 0.29) is 11.9 Å². The lowest BCUT2D eigenvalue weighted by Gasteiger charge is -2.25. The van der Waals surface area contributed by atoms with Crippen molar-refractivity contribution in [2.45, 2.75) is 52.0 Å². The first-order chi connectivity index (χ1) is 7.15. The molecular weight excluding hydrogens is 188 g/mol. The molecule has 3 nitrogen and oxygen atoms in total. The summed E-state index contributed by atoms with van der Waals surface area (Å²) >= 11 is 0. The van der Waals surface area contributed by atoms with Gasteiger partial charge in [-0.2, -0.15) is 0 Å². The molecule has 88 valence electrons. The molecule has 1 aliphatic heterocycles. The fourth-order valence-electron chi connectivity index (χ4n) is 2.45. The summed E-state index contributed by atoms with van der Waals surface area (Å²) in [7, 11) is 0. The summed E-state index contributed by atoms with van der Waals surface area (Å²) in [6.07, 6.45) is 6.36. The van der Waals surface area contributed by atoms with Crippen LogP contribution in [0.3, 0.4) is 0 Å². The number of primary amides is 1. The largest absolute Gasteiger partial charge is 0.368 e. The molecule has 0 saturated carbocycles. The summed E-state index contributed by atoms with van der Waals surface area (Å²) in [5, 5.41) is 0. The highest BCUT2D eigenvalue weighted by molar-refractivity contribution is 5.79. The van der Waals surface area contributed by atoms with Gasteiger partial charge in [0.05, 0.1) is 6.04 Å². The Morgan fingerprint density at radius 3 is 2.80 bits per heavy atom. The molecule has 1 fully saturated rings. The Morgan fingerprint density at radius 1 is 1.47 bits per heavy atom. The first-order valence-corrected chi connectivity index (χ1v) is 6.18. The molecule has 0 aliphatic carbocycles. The monoisotopic (exact) mass is 212 g/mol. The van der Waals surface area contributed by atoms with Crippen molar-refractivity contribution in [3.63, 3.8) is 0 Å². The number of carbonyl (C=O) groups is 1. The van der Waals surface area contributed by atoms with Crippen LogP contribution in [0.1, 0.15) is 46.0 Å². The second kappa shape index (κ2) is 6.11. The first kappa shape index (κ1) is 12.5. The molecule has 3 heteroatoms. The molecule has 0 aromatic carbocycles. The van der Waals surface area contributed by atoms with E-state index in [1.54, 1.807) is 0 Å². The predicted octanol–water partition coefficient (Wildman–Crippen LogP) is 1.76. The van der Waals surface area contributed by atoms with Gasteiger partial charge in [0, 0.05) is 0 Å². The van der Waals surface area contributed by atoms with Gasteiger partial charge in [-0.05, 0) is 45.2 Å². The van der Waals surface area contributed by atoms with Crippen LogP contribution in [-0.2, 0) is 4.79 Å². The van der Waals surface area contributed by atoms with Gasteiger partial charge in [0.2, 0.25) is 5.91 Å². The minimum Gasteiger partial charge on any atom is -0.368 e. The molecule has 1 heterocycles. The van der Waals surface area contributed by atoms with E-state index < -0.39 is 0 Å². The van der Waals surface area contributed by atoms with Crippen molar-refractivity contribution in [2.24, 2.45) is 11.7 Å². The van der Waals surface area contributed by atoms with E-state index in [9.17, 15) is 4.79 Å². The van der Waals surface area contributed by atoms with Crippen LogP contribution in [0.15, 0.2) is 0 Å². The zero-order valence-electron chi connectivity index (χ0n) is 10.0. The smallest absolute Gasteiger partial charge is 0.234 e. The summed E-state index contributed by atoms with van der Waals surface area (Å²) < 4.78 is 0. The molecule has 15 heavy (non-hydrogen) atoms. The maximum atomic E-state index is 11.1. The van der Waals surface area contributed by atoms with Crippen LogP contribution in [0.25, 0.3) is 0 Å². The third-order valence-electron chi connectivity index (χ3n) is 3.54. The summed E-state index contributed by atoms with van der Waals surface area (Å²) in [6.45, 7) is 6.23. The lowest BCUT2D eigenvalue weighted by Crippen LogP contribution is -2.43. The summed E-state index contributed by atoms with van der Waals surface area (Å²) in [4.78, 5) is 13.3. The molecule has 2 N–H and O–H groups in total. The van der Waals surface area contributed by atoms with Crippen LogP contribution in [-0.4, -0.2) is 29.9 Å². The fraction of sp³-hybridized carbons (Fsp3) is 0.917. The van der Waals surface area contributed by atoms with Crippen LogP contribution in [0.2, 0.25) is 0 Å². The van der Waals surface area contributed by atoms with Crippen molar-refractivity contribution in [2.75, 3.05) is 13.1 Å². The van der Waals surface area contributed by atoms with E-state index in [1.807, 2.05) is 6.92 Å². The molecule has 1 saturated heterocycles. The molecule has 0 aromatic rings. The number of hydrogen-bond donors (Lipinski definition) is 1. The summed E-state index contributed by atoms with van der Waals surface area (Å²) in [5.74, 6) is 0.670. The Balaban J connectivity index is 2.41. The Morgan fingerprint density at radius 2 is 2.20 bits per heavy atom. The number of carbonyl (C=O) groups excluding carboxylic acids is 1. The minimum atomic E-state index is -0.191. The molecule has 2 unspecified atom stereocenters. The van der Waals surface area contributed by atoms with Gasteiger partial charge in [-0.1, -0.05) is 19.8 Å². The Hall–Kier alpha value is -0.570. The molecule has 1 aliphatic rings. The topological polar surface area (TPSA) is 46.3 Å². The molecule has 1 rings (SSSR count). The molecule has 0 radical (unpaired) electrons. The minimum absolute atomic E-state index is 0.0922. The van der Waals surface area contributed by atoms with Gasteiger partial charge in [-0.3, -0.25) is 9.69 Å². The van der Waals surface area contributed by atoms with Gasteiger partial charge in [0.1, 0.15) is 0 Å². The number of likely N-dealkylation sites (tertiary alicyclic amines) is 1.